The van der Waals surface area contributed by atoms with Crippen molar-refractivity contribution in [3.63, 3.8) is 0 Å². The van der Waals surface area contributed by atoms with Gasteiger partial charge in [0.15, 0.2) is 0 Å². The maximum absolute atomic E-state index is 9.79. The maximum atomic E-state index is 9.79. The average Bonchev–Trinajstić information content (AvgIpc) is 2.45. The van der Waals surface area contributed by atoms with Crippen LogP contribution in [0.4, 0.5) is 0 Å². The molecule has 4 nitrogen and oxygen atoms in total. The predicted octanol–water partition coefficient (Wildman–Crippen LogP) is 3.35. The molecule has 0 saturated carbocycles. The number of hydrogen-bond donors (Lipinski definition) is 1. The second-order valence-electron chi connectivity index (χ2n) is 5.22. The van der Waals surface area contributed by atoms with Crippen molar-refractivity contribution >= 4 is 10.1 Å². The van der Waals surface area contributed by atoms with Gasteiger partial charge in [-0.2, -0.15) is 8.42 Å². The van der Waals surface area contributed by atoms with Gasteiger partial charge in [-0.3, -0.25) is 4.55 Å². The number of hydrogen-bond acceptors (Lipinski definition) is 2. The molecule has 0 heterocycles. The van der Waals surface area contributed by atoms with Crippen molar-refractivity contribution in [3.05, 3.63) is 35.9 Å². The maximum Gasteiger partial charge on any atom is 0.264 e. The fourth-order valence-corrected chi connectivity index (χ4v) is 2.75. The summed E-state index contributed by atoms with van der Waals surface area (Å²) >= 11 is 0. The van der Waals surface area contributed by atoms with Crippen LogP contribution in [-0.2, 0) is 16.7 Å². The van der Waals surface area contributed by atoms with Crippen LogP contribution in [0.3, 0.4) is 0 Å². The van der Waals surface area contributed by atoms with Crippen LogP contribution in [-0.4, -0.2) is 42.8 Å². The standard InChI is InChI=1S/C13H22N.C3H8O3S/c1-4-14(5-2,6-3)12-13-10-8-7-9-11-13;1-2-3-7(4,5)6/h7-11H,4-6,12H2,1-3H3;2-3H2,1H3,(H,4,5,6)/q+1;. The van der Waals surface area contributed by atoms with Crippen molar-refractivity contribution in [2.75, 3.05) is 25.4 Å². The van der Waals surface area contributed by atoms with Gasteiger partial charge in [-0.05, 0) is 27.2 Å². The highest BCUT2D eigenvalue weighted by Crippen LogP contribution is 2.13. The smallest absolute Gasteiger partial charge is 0.264 e. The Morgan fingerprint density at radius 2 is 1.43 bits per heavy atom. The summed E-state index contributed by atoms with van der Waals surface area (Å²) in [7, 11) is -3.67. The Bertz CT molecular complexity index is 459. The lowest BCUT2D eigenvalue weighted by Crippen LogP contribution is -2.46. The molecule has 0 aliphatic heterocycles. The molecule has 21 heavy (non-hydrogen) atoms. The fourth-order valence-electron chi connectivity index (χ4n) is 2.23. The minimum atomic E-state index is -3.67. The van der Waals surface area contributed by atoms with E-state index in [1.165, 1.54) is 36.2 Å². The van der Waals surface area contributed by atoms with E-state index in [1.807, 2.05) is 0 Å². The first kappa shape index (κ1) is 20.1. The Morgan fingerprint density at radius 3 is 1.71 bits per heavy atom. The van der Waals surface area contributed by atoms with Gasteiger partial charge in [-0.15, -0.1) is 0 Å². The van der Waals surface area contributed by atoms with Gasteiger partial charge in [0.25, 0.3) is 10.1 Å². The van der Waals surface area contributed by atoms with E-state index in [1.54, 1.807) is 6.92 Å². The monoisotopic (exact) mass is 316 g/mol. The molecule has 0 atom stereocenters. The Balaban J connectivity index is 0.000000486. The van der Waals surface area contributed by atoms with Crippen LogP contribution in [0, 0.1) is 0 Å². The van der Waals surface area contributed by atoms with E-state index < -0.39 is 10.1 Å². The first-order chi connectivity index (χ1) is 9.82. The molecule has 1 aromatic carbocycles. The summed E-state index contributed by atoms with van der Waals surface area (Å²) in [6.07, 6.45) is 0.471. The van der Waals surface area contributed by atoms with Crippen molar-refractivity contribution in [2.45, 2.75) is 40.7 Å². The Morgan fingerprint density at radius 1 is 0.952 bits per heavy atom. The summed E-state index contributed by atoms with van der Waals surface area (Å²) in [5.74, 6) is -0.132. The summed E-state index contributed by atoms with van der Waals surface area (Å²) in [6, 6.07) is 10.8. The van der Waals surface area contributed by atoms with E-state index >= 15 is 0 Å². The molecule has 1 N–H and O–H groups in total. The molecule has 0 aromatic heterocycles. The largest absolute Gasteiger partial charge is 0.321 e. The molecule has 122 valence electrons. The average molecular weight is 316 g/mol. The second kappa shape index (κ2) is 9.92. The van der Waals surface area contributed by atoms with E-state index in [2.05, 4.69) is 51.1 Å². The lowest BCUT2D eigenvalue weighted by atomic mass is 10.2. The van der Waals surface area contributed by atoms with Crippen molar-refractivity contribution in [3.8, 4) is 0 Å². The van der Waals surface area contributed by atoms with Crippen molar-refractivity contribution in [1.29, 1.82) is 0 Å². The third-order valence-corrected chi connectivity index (χ3v) is 4.76. The van der Waals surface area contributed by atoms with Crippen LogP contribution in [0.5, 0.6) is 0 Å². The van der Waals surface area contributed by atoms with Gasteiger partial charge in [0.05, 0.1) is 25.4 Å². The number of nitrogens with zero attached hydrogens (tertiary/aromatic N) is 1. The summed E-state index contributed by atoms with van der Waals surface area (Å²) < 4.78 is 28.8. The van der Waals surface area contributed by atoms with Crippen LogP contribution in [0.1, 0.15) is 39.7 Å². The summed E-state index contributed by atoms with van der Waals surface area (Å²) in [5.41, 5.74) is 1.46. The summed E-state index contributed by atoms with van der Waals surface area (Å²) in [6.45, 7) is 13.4. The first-order valence-corrected chi connectivity index (χ1v) is 9.27. The topological polar surface area (TPSA) is 54.4 Å². The van der Waals surface area contributed by atoms with Crippen molar-refractivity contribution in [1.82, 2.24) is 0 Å². The second-order valence-corrected chi connectivity index (χ2v) is 6.79. The van der Waals surface area contributed by atoms with E-state index in [0.29, 0.717) is 6.42 Å². The number of rotatable bonds is 7. The number of benzene rings is 1. The number of quaternary nitrogens is 1. The zero-order chi connectivity index (χ0) is 16.4. The quantitative estimate of drug-likeness (QED) is 0.620. The van der Waals surface area contributed by atoms with E-state index in [9.17, 15) is 8.42 Å². The van der Waals surface area contributed by atoms with Gasteiger partial charge in [-0.25, -0.2) is 0 Å². The van der Waals surface area contributed by atoms with Gasteiger partial charge in [0.2, 0.25) is 0 Å². The molecule has 0 aliphatic rings. The molecule has 0 radical (unpaired) electrons. The minimum Gasteiger partial charge on any atom is -0.321 e. The molecule has 1 aromatic rings. The lowest BCUT2D eigenvalue weighted by molar-refractivity contribution is -0.936. The van der Waals surface area contributed by atoms with E-state index in [-0.39, 0.29) is 5.75 Å². The molecule has 0 spiro atoms. The predicted molar refractivity (Wildman–Crippen MR) is 88.7 cm³/mol. The first-order valence-electron chi connectivity index (χ1n) is 7.66. The van der Waals surface area contributed by atoms with Gasteiger partial charge in [-0.1, -0.05) is 37.3 Å². The molecule has 0 unspecified atom stereocenters. The van der Waals surface area contributed by atoms with Crippen LogP contribution in [0.15, 0.2) is 30.3 Å². The van der Waals surface area contributed by atoms with Gasteiger partial charge < -0.3 is 4.48 Å². The van der Waals surface area contributed by atoms with Crippen LogP contribution < -0.4 is 0 Å². The molecule has 1 rings (SSSR count). The molecular weight excluding hydrogens is 286 g/mol. The van der Waals surface area contributed by atoms with Gasteiger partial charge in [0, 0.05) is 5.56 Å². The van der Waals surface area contributed by atoms with Gasteiger partial charge >= 0.3 is 0 Å². The molecule has 0 aliphatic carbocycles. The van der Waals surface area contributed by atoms with Gasteiger partial charge in [0.1, 0.15) is 6.54 Å². The van der Waals surface area contributed by atoms with Crippen molar-refractivity contribution in [2.24, 2.45) is 0 Å². The summed E-state index contributed by atoms with van der Waals surface area (Å²) in [4.78, 5) is 0. The van der Waals surface area contributed by atoms with Crippen LogP contribution in [0.2, 0.25) is 0 Å². The highest BCUT2D eigenvalue weighted by molar-refractivity contribution is 7.85. The van der Waals surface area contributed by atoms with Crippen LogP contribution >= 0.6 is 0 Å². The molecule has 0 fully saturated rings. The summed E-state index contributed by atoms with van der Waals surface area (Å²) in [5, 5.41) is 0. The molecular formula is C16H30NO3S+. The molecule has 0 saturated heterocycles. The third kappa shape index (κ3) is 8.86. The highest BCUT2D eigenvalue weighted by atomic mass is 32.2. The highest BCUT2D eigenvalue weighted by Gasteiger charge is 2.20. The zero-order valence-corrected chi connectivity index (χ0v) is 14.6. The Hall–Kier alpha value is -0.910. The SMILES string of the molecule is CCCS(=O)(=O)O.CC[N+](CC)(CC)Cc1ccccc1. The normalized spacial score (nSPS) is 11.7. The van der Waals surface area contributed by atoms with Crippen molar-refractivity contribution < 1.29 is 17.5 Å². The van der Waals surface area contributed by atoms with E-state index in [0.717, 1.165) is 0 Å². The minimum absolute atomic E-state index is 0.132. The molecule has 5 heteroatoms. The fraction of sp³-hybridized carbons (Fsp3) is 0.625. The molecule has 0 bridgehead atoms. The third-order valence-electron chi connectivity index (χ3n) is 3.84. The zero-order valence-electron chi connectivity index (χ0n) is 13.7. The molecule has 0 amide bonds. The Labute approximate surface area is 130 Å². The lowest BCUT2D eigenvalue weighted by Gasteiger charge is -2.35. The van der Waals surface area contributed by atoms with E-state index in [4.69, 9.17) is 4.55 Å². The van der Waals surface area contributed by atoms with Crippen LogP contribution in [0.25, 0.3) is 0 Å². The Kier molecular flexibility index (Phi) is 9.49.